The zero-order chi connectivity index (χ0) is 21.2. The number of aryl methyl sites for hydroxylation is 1. The molecule has 0 bridgehead atoms. The molecule has 1 saturated heterocycles. The van der Waals surface area contributed by atoms with E-state index in [1.807, 2.05) is 56.0 Å². The molecule has 0 spiro atoms. The molecule has 2 aromatic rings. The van der Waals surface area contributed by atoms with Crippen LogP contribution >= 0.6 is 0 Å². The second kappa shape index (κ2) is 8.39. The van der Waals surface area contributed by atoms with E-state index in [9.17, 15) is 9.59 Å². The smallest absolute Gasteiger partial charge is 0.230 e. The van der Waals surface area contributed by atoms with Gasteiger partial charge in [-0.15, -0.1) is 0 Å². The number of amides is 2. The average molecular weight is 398 g/mol. The van der Waals surface area contributed by atoms with E-state index in [0.29, 0.717) is 25.3 Å². The minimum Gasteiger partial charge on any atom is -0.361 e. The first-order valence-electron chi connectivity index (χ1n) is 10.2. The summed E-state index contributed by atoms with van der Waals surface area (Å²) < 4.78 is 5.63. The fourth-order valence-corrected chi connectivity index (χ4v) is 4.14. The number of aromatic nitrogens is 1. The summed E-state index contributed by atoms with van der Waals surface area (Å²) in [7, 11) is 3.54. The highest BCUT2D eigenvalue weighted by atomic mass is 16.5. The third-order valence-electron chi connectivity index (χ3n) is 5.66. The normalized spacial score (nSPS) is 19.4. The molecule has 1 aliphatic rings. The minimum absolute atomic E-state index is 0.0343. The van der Waals surface area contributed by atoms with Crippen LogP contribution in [0.5, 0.6) is 0 Å². The van der Waals surface area contributed by atoms with Gasteiger partial charge in [-0.25, -0.2) is 0 Å². The van der Waals surface area contributed by atoms with Gasteiger partial charge in [0.25, 0.3) is 0 Å². The summed E-state index contributed by atoms with van der Waals surface area (Å²) in [6.07, 6.45) is 1.97. The first kappa shape index (κ1) is 21.1. The van der Waals surface area contributed by atoms with E-state index in [4.69, 9.17) is 4.52 Å². The lowest BCUT2D eigenvalue weighted by Crippen LogP contribution is -2.54. The Kier molecular flexibility index (Phi) is 6.10. The second-order valence-corrected chi connectivity index (χ2v) is 8.72. The summed E-state index contributed by atoms with van der Waals surface area (Å²) in [4.78, 5) is 29.3. The number of carbonyl (C=O) groups is 2. The van der Waals surface area contributed by atoms with Crippen molar-refractivity contribution in [1.82, 2.24) is 15.0 Å². The highest BCUT2D eigenvalue weighted by molar-refractivity contribution is 5.85. The van der Waals surface area contributed by atoms with Gasteiger partial charge in [-0.2, -0.15) is 0 Å². The van der Waals surface area contributed by atoms with Gasteiger partial charge in [0, 0.05) is 51.2 Å². The van der Waals surface area contributed by atoms with Gasteiger partial charge in [-0.05, 0) is 19.8 Å². The molecule has 3 rings (SSSR count). The zero-order valence-electron chi connectivity index (χ0n) is 18.1. The quantitative estimate of drug-likeness (QED) is 0.774. The van der Waals surface area contributed by atoms with Crippen molar-refractivity contribution in [2.45, 2.75) is 40.0 Å². The Morgan fingerprint density at radius 1 is 1.24 bits per heavy atom. The first-order valence-corrected chi connectivity index (χ1v) is 10.2. The van der Waals surface area contributed by atoms with Gasteiger partial charge in [-0.1, -0.05) is 48.8 Å². The van der Waals surface area contributed by atoms with Crippen molar-refractivity contribution < 1.29 is 14.1 Å². The Balaban J connectivity index is 1.87. The molecule has 1 fully saturated rings. The maximum Gasteiger partial charge on any atom is 0.230 e. The number of benzene rings is 1. The van der Waals surface area contributed by atoms with Gasteiger partial charge in [0.15, 0.2) is 0 Å². The molecule has 0 N–H and O–H groups in total. The molecule has 1 aromatic heterocycles. The SMILES string of the molecule is Cc1ccc(-c2cc(C[C@@]3(C(=O)N(C)C)CCCN(C(=O)C(C)C)C3)on2)cc1. The molecule has 2 heterocycles. The summed E-state index contributed by atoms with van der Waals surface area (Å²) in [5, 5.41) is 4.22. The molecular weight excluding hydrogens is 366 g/mol. The maximum absolute atomic E-state index is 13.2. The summed E-state index contributed by atoms with van der Waals surface area (Å²) in [5.74, 6) is 0.721. The summed E-state index contributed by atoms with van der Waals surface area (Å²) in [6, 6.07) is 10.0. The summed E-state index contributed by atoms with van der Waals surface area (Å²) >= 11 is 0. The van der Waals surface area contributed by atoms with Crippen molar-refractivity contribution in [1.29, 1.82) is 0 Å². The Morgan fingerprint density at radius 2 is 1.93 bits per heavy atom. The van der Waals surface area contributed by atoms with Crippen molar-refractivity contribution in [3.8, 4) is 11.3 Å². The molecule has 0 radical (unpaired) electrons. The van der Waals surface area contributed by atoms with Crippen molar-refractivity contribution >= 4 is 11.8 Å². The third-order valence-corrected chi connectivity index (χ3v) is 5.66. The van der Waals surface area contributed by atoms with E-state index in [2.05, 4.69) is 5.16 Å². The van der Waals surface area contributed by atoms with Crippen LogP contribution in [-0.4, -0.2) is 54.0 Å². The van der Waals surface area contributed by atoms with Crippen LogP contribution in [0.4, 0.5) is 0 Å². The topological polar surface area (TPSA) is 66.7 Å². The maximum atomic E-state index is 13.2. The van der Waals surface area contributed by atoms with Crippen LogP contribution in [0.15, 0.2) is 34.9 Å². The second-order valence-electron chi connectivity index (χ2n) is 8.72. The molecule has 1 aromatic carbocycles. The van der Waals surface area contributed by atoms with Crippen LogP contribution in [0.2, 0.25) is 0 Å². The molecule has 1 atom stereocenters. The molecular formula is C23H31N3O3. The van der Waals surface area contributed by atoms with Crippen LogP contribution in [0, 0.1) is 18.3 Å². The van der Waals surface area contributed by atoms with E-state index in [0.717, 1.165) is 24.1 Å². The number of likely N-dealkylation sites (tertiary alicyclic amines) is 1. The fourth-order valence-electron chi connectivity index (χ4n) is 4.14. The van der Waals surface area contributed by atoms with Gasteiger partial charge in [-0.3, -0.25) is 9.59 Å². The molecule has 29 heavy (non-hydrogen) atoms. The van der Waals surface area contributed by atoms with Crippen LogP contribution in [0.1, 0.15) is 38.0 Å². The minimum atomic E-state index is -0.684. The van der Waals surface area contributed by atoms with Gasteiger partial charge < -0.3 is 14.3 Å². The van der Waals surface area contributed by atoms with E-state index in [-0.39, 0.29) is 17.7 Å². The fraction of sp³-hybridized carbons (Fsp3) is 0.522. The van der Waals surface area contributed by atoms with Crippen molar-refractivity contribution in [3.63, 3.8) is 0 Å². The van der Waals surface area contributed by atoms with E-state index >= 15 is 0 Å². The van der Waals surface area contributed by atoms with Gasteiger partial charge in [0.1, 0.15) is 11.5 Å². The van der Waals surface area contributed by atoms with E-state index in [1.165, 1.54) is 5.56 Å². The Labute approximate surface area is 172 Å². The molecule has 0 aliphatic carbocycles. The van der Waals surface area contributed by atoms with Crippen LogP contribution in [0.25, 0.3) is 11.3 Å². The van der Waals surface area contributed by atoms with Crippen molar-refractivity contribution in [2.75, 3.05) is 27.2 Å². The molecule has 6 nitrogen and oxygen atoms in total. The molecule has 0 unspecified atom stereocenters. The van der Waals surface area contributed by atoms with Crippen molar-refractivity contribution in [2.24, 2.45) is 11.3 Å². The molecule has 6 heteroatoms. The van der Waals surface area contributed by atoms with Crippen LogP contribution < -0.4 is 0 Å². The van der Waals surface area contributed by atoms with E-state index in [1.54, 1.807) is 19.0 Å². The molecule has 0 saturated carbocycles. The first-order chi connectivity index (χ1) is 13.7. The van der Waals surface area contributed by atoms with Crippen molar-refractivity contribution in [3.05, 3.63) is 41.7 Å². The number of carbonyl (C=O) groups excluding carboxylic acids is 2. The Morgan fingerprint density at radius 3 is 2.55 bits per heavy atom. The monoisotopic (exact) mass is 397 g/mol. The average Bonchev–Trinajstić information content (AvgIpc) is 3.15. The third kappa shape index (κ3) is 4.52. The van der Waals surface area contributed by atoms with Gasteiger partial charge in [0.05, 0.1) is 5.41 Å². The summed E-state index contributed by atoms with van der Waals surface area (Å²) in [6.45, 7) is 6.96. The van der Waals surface area contributed by atoms with Crippen LogP contribution in [0.3, 0.4) is 0 Å². The Hall–Kier alpha value is -2.63. The number of hydrogen-bond acceptors (Lipinski definition) is 4. The van der Waals surface area contributed by atoms with Gasteiger partial charge in [0.2, 0.25) is 11.8 Å². The number of nitrogens with zero attached hydrogens (tertiary/aromatic N) is 3. The lowest BCUT2D eigenvalue weighted by molar-refractivity contribution is -0.148. The number of rotatable bonds is 5. The number of piperidine rings is 1. The molecule has 1 aliphatic heterocycles. The Bertz CT molecular complexity index is 870. The highest BCUT2D eigenvalue weighted by Gasteiger charge is 2.45. The molecule has 2 amide bonds. The lowest BCUT2D eigenvalue weighted by atomic mass is 9.75. The number of hydrogen-bond donors (Lipinski definition) is 0. The molecule has 156 valence electrons. The lowest BCUT2D eigenvalue weighted by Gasteiger charge is -2.43. The summed E-state index contributed by atoms with van der Waals surface area (Å²) in [5.41, 5.74) is 2.25. The largest absolute Gasteiger partial charge is 0.361 e. The van der Waals surface area contributed by atoms with E-state index < -0.39 is 5.41 Å². The predicted octanol–water partition coefficient (Wildman–Crippen LogP) is 3.55. The van der Waals surface area contributed by atoms with Crippen LogP contribution in [-0.2, 0) is 16.0 Å². The standard InChI is InChI=1S/C23H31N3O3/c1-16(2)21(27)26-12-6-11-23(15-26,22(28)25(4)5)14-19-13-20(24-29-19)18-9-7-17(3)8-10-18/h7-10,13,16H,6,11-12,14-15H2,1-5H3/t23-/m0/s1. The predicted molar refractivity (Wildman–Crippen MR) is 112 cm³/mol. The zero-order valence-corrected chi connectivity index (χ0v) is 18.1. The highest BCUT2D eigenvalue weighted by Crippen LogP contribution is 2.37. The van der Waals surface area contributed by atoms with Gasteiger partial charge >= 0.3 is 0 Å².